The number of aromatic carboxylic acids is 1. The number of rotatable bonds is 4. The number of amides is 2. The summed E-state index contributed by atoms with van der Waals surface area (Å²) < 4.78 is 26.7. The van der Waals surface area contributed by atoms with Gasteiger partial charge in [0.25, 0.3) is 0 Å². The van der Waals surface area contributed by atoms with Gasteiger partial charge in [0.05, 0.1) is 17.8 Å². The average molecular weight is 312 g/mol. The number of carboxylic acids is 1. The van der Waals surface area contributed by atoms with Gasteiger partial charge in [0.2, 0.25) is 0 Å². The fourth-order valence-electron chi connectivity index (χ4n) is 1.56. The molecule has 21 heavy (non-hydrogen) atoms. The summed E-state index contributed by atoms with van der Waals surface area (Å²) in [5.74, 6) is -3.80. The van der Waals surface area contributed by atoms with E-state index in [1.54, 1.807) is 0 Å². The van der Waals surface area contributed by atoms with Crippen LogP contribution in [0.25, 0.3) is 0 Å². The van der Waals surface area contributed by atoms with E-state index in [4.69, 9.17) is 5.11 Å². The Morgan fingerprint density at radius 2 is 2.00 bits per heavy atom. The van der Waals surface area contributed by atoms with Crippen LogP contribution in [0.2, 0.25) is 0 Å². The van der Waals surface area contributed by atoms with E-state index >= 15 is 0 Å². The molecular formula is C13H10F2N2O3S. The van der Waals surface area contributed by atoms with Crippen LogP contribution in [0.5, 0.6) is 0 Å². The Morgan fingerprint density at radius 1 is 1.24 bits per heavy atom. The first kappa shape index (κ1) is 14.9. The number of anilines is 1. The van der Waals surface area contributed by atoms with Crippen molar-refractivity contribution in [1.29, 1.82) is 0 Å². The number of benzene rings is 1. The third-order valence-electron chi connectivity index (χ3n) is 2.54. The second-order valence-electron chi connectivity index (χ2n) is 4.00. The maximum Gasteiger partial charge on any atom is 0.338 e. The zero-order valence-corrected chi connectivity index (χ0v) is 11.3. The molecule has 0 saturated heterocycles. The van der Waals surface area contributed by atoms with Gasteiger partial charge in [-0.3, -0.25) is 0 Å². The molecular weight excluding hydrogens is 302 g/mol. The molecule has 0 bridgehead atoms. The van der Waals surface area contributed by atoms with Crippen LogP contribution in [-0.2, 0) is 6.54 Å². The Bertz CT molecular complexity index is 674. The van der Waals surface area contributed by atoms with Crippen molar-refractivity contribution in [2.45, 2.75) is 6.54 Å². The molecule has 0 spiro atoms. The van der Waals surface area contributed by atoms with Crippen molar-refractivity contribution in [3.05, 3.63) is 51.7 Å². The molecule has 0 aliphatic carbocycles. The zero-order valence-electron chi connectivity index (χ0n) is 10.5. The molecule has 2 amide bonds. The first-order valence-electron chi connectivity index (χ1n) is 5.77. The largest absolute Gasteiger partial charge is 0.478 e. The minimum absolute atomic E-state index is 0.248. The summed E-state index contributed by atoms with van der Waals surface area (Å²) in [6, 6.07) is 4.06. The van der Waals surface area contributed by atoms with Gasteiger partial charge in [-0.2, -0.15) is 0 Å². The lowest BCUT2D eigenvalue weighted by molar-refractivity contribution is 0.0692. The number of carbonyl (C=O) groups excluding carboxylic acids is 1. The van der Waals surface area contributed by atoms with Crippen LogP contribution in [0.3, 0.4) is 0 Å². The van der Waals surface area contributed by atoms with E-state index < -0.39 is 34.9 Å². The fraction of sp³-hybridized carbons (Fsp3) is 0.0769. The lowest BCUT2D eigenvalue weighted by Crippen LogP contribution is -2.28. The molecule has 0 unspecified atom stereocenters. The molecule has 0 fully saturated rings. The number of halogens is 2. The van der Waals surface area contributed by atoms with Gasteiger partial charge in [0.15, 0.2) is 0 Å². The molecule has 110 valence electrons. The Hall–Kier alpha value is -2.48. The van der Waals surface area contributed by atoms with Crippen molar-refractivity contribution in [3.8, 4) is 0 Å². The lowest BCUT2D eigenvalue weighted by atomic mass is 10.2. The van der Waals surface area contributed by atoms with E-state index in [2.05, 4.69) is 10.6 Å². The van der Waals surface area contributed by atoms with Gasteiger partial charge in [-0.15, -0.1) is 11.3 Å². The van der Waals surface area contributed by atoms with Crippen LogP contribution in [0.4, 0.5) is 19.3 Å². The average Bonchev–Trinajstić information content (AvgIpc) is 2.92. The van der Waals surface area contributed by atoms with Gasteiger partial charge in [-0.1, -0.05) is 6.07 Å². The quantitative estimate of drug-likeness (QED) is 0.812. The standard InChI is InChI=1S/C13H10F2N2O3S/c14-9-5-10(15)11(4-8(9)12(18)19)17-13(20)16-6-7-2-1-3-21-7/h1-5H,6H2,(H,18,19)(H2,16,17,20). The number of thiophene rings is 1. The van der Waals surface area contributed by atoms with Gasteiger partial charge >= 0.3 is 12.0 Å². The molecule has 2 aromatic rings. The molecule has 0 aliphatic heterocycles. The normalized spacial score (nSPS) is 10.2. The van der Waals surface area contributed by atoms with Crippen LogP contribution in [0.1, 0.15) is 15.2 Å². The van der Waals surface area contributed by atoms with Crippen molar-refractivity contribution in [1.82, 2.24) is 5.32 Å². The highest BCUT2D eigenvalue weighted by Gasteiger charge is 2.16. The van der Waals surface area contributed by atoms with Crippen molar-refractivity contribution in [2.75, 3.05) is 5.32 Å². The molecule has 2 rings (SSSR count). The molecule has 3 N–H and O–H groups in total. The molecule has 8 heteroatoms. The third kappa shape index (κ3) is 3.76. The maximum absolute atomic E-state index is 13.5. The van der Waals surface area contributed by atoms with Crippen molar-refractivity contribution >= 4 is 29.0 Å². The van der Waals surface area contributed by atoms with E-state index in [9.17, 15) is 18.4 Å². The zero-order chi connectivity index (χ0) is 15.4. The second kappa shape index (κ2) is 6.31. The van der Waals surface area contributed by atoms with Gasteiger partial charge in [-0.25, -0.2) is 18.4 Å². The Labute approximate surface area is 122 Å². The first-order chi connectivity index (χ1) is 9.97. The highest BCUT2D eigenvalue weighted by Crippen LogP contribution is 2.19. The number of nitrogens with one attached hydrogen (secondary N) is 2. The summed E-state index contributed by atoms with van der Waals surface area (Å²) in [6.07, 6.45) is 0. The predicted molar refractivity (Wildman–Crippen MR) is 73.5 cm³/mol. The second-order valence-corrected chi connectivity index (χ2v) is 5.04. The summed E-state index contributed by atoms with van der Waals surface area (Å²) in [7, 11) is 0. The summed E-state index contributed by atoms with van der Waals surface area (Å²) >= 11 is 1.44. The van der Waals surface area contributed by atoms with E-state index in [1.807, 2.05) is 17.5 Å². The number of urea groups is 1. The summed E-state index contributed by atoms with van der Waals surface area (Å²) in [4.78, 5) is 23.3. The molecule has 0 saturated carbocycles. The van der Waals surface area contributed by atoms with Crippen molar-refractivity contribution < 1.29 is 23.5 Å². The van der Waals surface area contributed by atoms with E-state index in [0.717, 1.165) is 10.9 Å². The number of carbonyl (C=O) groups is 2. The Balaban J connectivity index is 2.06. The third-order valence-corrected chi connectivity index (χ3v) is 3.41. The topological polar surface area (TPSA) is 78.4 Å². The lowest BCUT2D eigenvalue weighted by Gasteiger charge is -2.09. The van der Waals surface area contributed by atoms with E-state index in [1.165, 1.54) is 11.3 Å². The van der Waals surface area contributed by atoms with Crippen LogP contribution < -0.4 is 10.6 Å². The summed E-state index contributed by atoms with van der Waals surface area (Å²) in [5, 5.41) is 15.2. The molecule has 0 radical (unpaired) electrons. The van der Waals surface area contributed by atoms with Crippen LogP contribution in [0, 0.1) is 11.6 Å². The fourth-order valence-corrected chi connectivity index (χ4v) is 2.20. The summed E-state index contributed by atoms with van der Waals surface area (Å²) in [6.45, 7) is 0.248. The van der Waals surface area contributed by atoms with Gasteiger partial charge in [-0.05, 0) is 17.5 Å². The maximum atomic E-state index is 13.5. The molecule has 5 nitrogen and oxygen atoms in total. The molecule has 0 atom stereocenters. The van der Waals surface area contributed by atoms with Crippen LogP contribution >= 0.6 is 11.3 Å². The SMILES string of the molecule is O=C(NCc1cccs1)Nc1cc(C(=O)O)c(F)cc1F. The molecule has 0 aliphatic rings. The van der Waals surface area contributed by atoms with E-state index in [-0.39, 0.29) is 6.54 Å². The molecule has 1 aromatic heterocycles. The van der Waals surface area contributed by atoms with Crippen molar-refractivity contribution in [2.24, 2.45) is 0 Å². The van der Waals surface area contributed by atoms with Gasteiger partial charge < -0.3 is 15.7 Å². The van der Waals surface area contributed by atoms with Gasteiger partial charge in [0, 0.05) is 10.9 Å². The monoisotopic (exact) mass is 312 g/mol. The van der Waals surface area contributed by atoms with Crippen LogP contribution in [0.15, 0.2) is 29.6 Å². The molecule has 1 aromatic carbocycles. The first-order valence-corrected chi connectivity index (χ1v) is 6.65. The van der Waals surface area contributed by atoms with Crippen LogP contribution in [-0.4, -0.2) is 17.1 Å². The summed E-state index contributed by atoms with van der Waals surface area (Å²) in [5.41, 5.74) is -1.12. The highest BCUT2D eigenvalue weighted by molar-refractivity contribution is 7.09. The number of carboxylic acid groups (broad SMARTS) is 1. The smallest absolute Gasteiger partial charge is 0.338 e. The molecule has 1 heterocycles. The number of hydrogen-bond donors (Lipinski definition) is 3. The minimum atomic E-state index is -1.55. The predicted octanol–water partition coefficient (Wildman–Crippen LogP) is 3.05. The Morgan fingerprint density at radius 3 is 2.62 bits per heavy atom. The van der Waals surface area contributed by atoms with Gasteiger partial charge in [0.1, 0.15) is 11.6 Å². The van der Waals surface area contributed by atoms with E-state index in [0.29, 0.717) is 6.07 Å². The highest BCUT2D eigenvalue weighted by atomic mass is 32.1. The van der Waals surface area contributed by atoms with Crippen molar-refractivity contribution in [3.63, 3.8) is 0 Å². The minimum Gasteiger partial charge on any atom is -0.478 e. The Kier molecular flexibility index (Phi) is 4.49. The number of hydrogen-bond acceptors (Lipinski definition) is 3.